The maximum absolute atomic E-state index is 14.1. The van der Waals surface area contributed by atoms with Crippen LogP contribution in [0, 0.1) is 5.82 Å². The lowest BCUT2D eigenvalue weighted by molar-refractivity contribution is 0.0635. The van der Waals surface area contributed by atoms with E-state index in [-0.39, 0.29) is 21.8 Å². The third kappa shape index (κ3) is 6.57. The van der Waals surface area contributed by atoms with Crippen LogP contribution in [0.4, 0.5) is 26.2 Å². The molecule has 8 nitrogen and oxygen atoms in total. The summed E-state index contributed by atoms with van der Waals surface area (Å²) in [6.45, 7) is 5.03. The molecule has 0 heterocycles. The van der Waals surface area contributed by atoms with Crippen molar-refractivity contribution in [2.24, 2.45) is 0 Å². The van der Waals surface area contributed by atoms with E-state index < -0.39 is 33.4 Å². The Balaban J connectivity index is 1.72. The summed E-state index contributed by atoms with van der Waals surface area (Å²) in [7, 11) is -2.37. The monoisotopic (exact) mass is 499 g/mol. The van der Waals surface area contributed by atoms with Gasteiger partial charge < -0.3 is 10.1 Å². The number of halogens is 1. The number of hydrogen-bond acceptors (Lipinski definition) is 5. The van der Waals surface area contributed by atoms with Crippen LogP contribution < -0.4 is 14.9 Å². The number of carbonyl (C=O) groups is 2. The maximum atomic E-state index is 14.1. The first-order chi connectivity index (χ1) is 16.4. The number of nitrogens with one attached hydrogen (secondary N) is 2. The van der Waals surface area contributed by atoms with Crippen molar-refractivity contribution in [1.29, 1.82) is 0 Å². The third-order valence-electron chi connectivity index (χ3n) is 4.75. The largest absolute Gasteiger partial charge is 0.444 e. The quantitative estimate of drug-likeness (QED) is 0.482. The topological polar surface area (TPSA) is 105 Å². The normalized spacial score (nSPS) is 11.5. The number of ether oxygens (including phenoxy) is 1. The first kappa shape index (κ1) is 25.7. The van der Waals surface area contributed by atoms with Gasteiger partial charge in [-0.2, -0.15) is 0 Å². The van der Waals surface area contributed by atoms with E-state index in [0.717, 1.165) is 10.4 Å². The molecule has 0 fully saturated rings. The highest BCUT2D eigenvalue weighted by molar-refractivity contribution is 7.92. The number of hydrogen-bond donors (Lipinski definition) is 2. The molecule has 184 valence electrons. The molecule has 0 saturated carbocycles. The van der Waals surface area contributed by atoms with Gasteiger partial charge in [-0.1, -0.05) is 18.2 Å². The molecule has 0 saturated heterocycles. The summed E-state index contributed by atoms with van der Waals surface area (Å²) in [6, 6.07) is 17.7. The zero-order chi connectivity index (χ0) is 25.8. The zero-order valence-electron chi connectivity index (χ0n) is 19.7. The van der Waals surface area contributed by atoms with Crippen molar-refractivity contribution in [3.05, 3.63) is 84.2 Å². The Kier molecular flexibility index (Phi) is 7.45. The fourth-order valence-electron chi connectivity index (χ4n) is 3.03. The van der Waals surface area contributed by atoms with Crippen LogP contribution in [0.15, 0.2) is 77.7 Å². The molecule has 0 aromatic heterocycles. The van der Waals surface area contributed by atoms with Gasteiger partial charge in [0, 0.05) is 18.3 Å². The predicted octanol–water partition coefficient (Wildman–Crippen LogP) is 5.25. The second kappa shape index (κ2) is 10.1. The second-order valence-corrected chi connectivity index (χ2v) is 10.6. The Labute approximate surface area is 203 Å². The summed E-state index contributed by atoms with van der Waals surface area (Å²) in [5, 5.41) is 4.91. The average Bonchev–Trinajstić information content (AvgIpc) is 2.80. The summed E-state index contributed by atoms with van der Waals surface area (Å²) in [6.07, 6.45) is -0.836. The molecular formula is C25H26FN3O5S. The van der Waals surface area contributed by atoms with Crippen molar-refractivity contribution in [2.45, 2.75) is 31.3 Å². The van der Waals surface area contributed by atoms with E-state index in [1.165, 1.54) is 43.4 Å². The summed E-state index contributed by atoms with van der Waals surface area (Å²) >= 11 is 0. The van der Waals surface area contributed by atoms with E-state index in [2.05, 4.69) is 10.6 Å². The van der Waals surface area contributed by atoms with Crippen LogP contribution in [0.1, 0.15) is 31.1 Å². The number of nitrogens with zero attached hydrogens (tertiary/aromatic N) is 1. The number of anilines is 3. The van der Waals surface area contributed by atoms with Crippen molar-refractivity contribution in [2.75, 3.05) is 22.0 Å². The Morgan fingerprint density at radius 1 is 0.914 bits per heavy atom. The average molecular weight is 500 g/mol. The van der Waals surface area contributed by atoms with Crippen LogP contribution in [-0.2, 0) is 14.8 Å². The number of benzene rings is 3. The van der Waals surface area contributed by atoms with E-state index >= 15 is 0 Å². The van der Waals surface area contributed by atoms with Gasteiger partial charge in [0.1, 0.15) is 11.4 Å². The Morgan fingerprint density at radius 3 is 2.14 bits per heavy atom. The van der Waals surface area contributed by atoms with Gasteiger partial charge in [-0.25, -0.2) is 17.6 Å². The molecule has 3 rings (SSSR count). The highest BCUT2D eigenvalue weighted by Gasteiger charge is 2.22. The van der Waals surface area contributed by atoms with E-state index in [0.29, 0.717) is 5.69 Å². The number of carbonyl (C=O) groups excluding carboxylic acids is 2. The van der Waals surface area contributed by atoms with Gasteiger partial charge in [-0.3, -0.25) is 14.4 Å². The van der Waals surface area contributed by atoms with Crippen LogP contribution in [0.2, 0.25) is 0 Å². The van der Waals surface area contributed by atoms with Gasteiger partial charge in [-0.15, -0.1) is 0 Å². The summed E-state index contributed by atoms with van der Waals surface area (Å²) < 4.78 is 46.2. The Bertz CT molecular complexity index is 1320. The molecule has 2 amide bonds. The minimum atomic E-state index is -3.82. The van der Waals surface area contributed by atoms with E-state index in [1.54, 1.807) is 51.1 Å². The molecule has 0 radical (unpaired) electrons. The van der Waals surface area contributed by atoms with Gasteiger partial charge in [0.25, 0.3) is 15.9 Å². The first-order valence-corrected chi connectivity index (χ1v) is 12.1. The highest BCUT2D eigenvalue weighted by Crippen LogP contribution is 2.24. The minimum Gasteiger partial charge on any atom is -0.444 e. The smallest absolute Gasteiger partial charge is 0.412 e. The minimum absolute atomic E-state index is 0.0195. The summed E-state index contributed by atoms with van der Waals surface area (Å²) in [5.41, 5.74) is -0.00816. The van der Waals surface area contributed by atoms with Crippen molar-refractivity contribution in [1.82, 2.24) is 0 Å². The SMILES string of the molecule is CN(c1ccccc1)S(=O)(=O)c1ccc(C(=O)Nc2ccc(F)c(NC(=O)OC(C)(C)C)c2)cc1. The van der Waals surface area contributed by atoms with Crippen LogP contribution >= 0.6 is 0 Å². The molecule has 0 atom stereocenters. The molecule has 3 aromatic rings. The summed E-state index contributed by atoms with van der Waals surface area (Å²) in [4.78, 5) is 24.6. The molecule has 0 bridgehead atoms. The van der Waals surface area contributed by atoms with Crippen molar-refractivity contribution in [3.63, 3.8) is 0 Å². The van der Waals surface area contributed by atoms with Gasteiger partial charge in [-0.05, 0) is 75.4 Å². The molecule has 3 aromatic carbocycles. The Morgan fingerprint density at radius 2 is 1.54 bits per heavy atom. The fraction of sp³-hybridized carbons (Fsp3) is 0.200. The molecule has 0 unspecified atom stereocenters. The molecule has 0 aliphatic heterocycles. The van der Waals surface area contributed by atoms with E-state index in [9.17, 15) is 22.4 Å². The number of para-hydroxylation sites is 1. The van der Waals surface area contributed by atoms with Crippen molar-refractivity contribution in [3.8, 4) is 0 Å². The lowest BCUT2D eigenvalue weighted by Crippen LogP contribution is -2.27. The molecule has 35 heavy (non-hydrogen) atoms. The number of amides is 2. The van der Waals surface area contributed by atoms with E-state index in [1.807, 2.05) is 0 Å². The zero-order valence-corrected chi connectivity index (χ0v) is 20.5. The third-order valence-corrected chi connectivity index (χ3v) is 6.55. The van der Waals surface area contributed by atoms with Crippen LogP contribution in [0.3, 0.4) is 0 Å². The standard InChI is InChI=1S/C25H26FN3O5S/c1-25(2,3)34-24(31)28-22-16-18(12-15-21(22)26)27-23(30)17-10-13-20(14-11-17)35(32,33)29(4)19-8-6-5-7-9-19/h5-16H,1-4H3,(H,27,30)(H,28,31). The highest BCUT2D eigenvalue weighted by atomic mass is 32.2. The van der Waals surface area contributed by atoms with Crippen molar-refractivity contribution < 1.29 is 27.1 Å². The van der Waals surface area contributed by atoms with Gasteiger partial charge in [0.05, 0.1) is 16.3 Å². The maximum Gasteiger partial charge on any atom is 0.412 e. The van der Waals surface area contributed by atoms with Gasteiger partial charge in [0.2, 0.25) is 0 Å². The van der Waals surface area contributed by atoms with Crippen LogP contribution in [0.25, 0.3) is 0 Å². The lowest BCUT2D eigenvalue weighted by Gasteiger charge is -2.20. The molecule has 0 spiro atoms. The van der Waals surface area contributed by atoms with E-state index in [4.69, 9.17) is 4.74 Å². The van der Waals surface area contributed by atoms with Gasteiger partial charge >= 0.3 is 6.09 Å². The van der Waals surface area contributed by atoms with Crippen molar-refractivity contribution >= 4 is 39.1 Å². The molecule has 0 aliphatic rings. The molecule has 2 N–H and O–H groups in total. The predicted molar refractivity (Wildman–Crippen MR) is 133 cm³/mol. The second-order valence-electron chi connectivity index (χ2n) is 8.61. The summed E-state index contributed by atoms with van der Waals surface area (Å²) in [5.74, 6) is -1.24. The molecular weight excluding hydrogens is 473 g/mol. The number of sulfonamides is 1. The lowest BCUT2D eigenvalue weighted by atomic mass is 10.2. The molecule has 10 heteroatoms. The fourth-order valence-corrected chi connectivity index (χ4v) is 4.22. The van der Waals surface area contributed by atoms with Crippen LogP contribution in [0.5, 0.6) is 0 Å². The first-order valence-electron chi connectivity index (χ1n) is 10.6. The Hall–Kier alpha value is -3.92. The van der Waals surface area contributed by atoms with Gasteiger partial charge in [0.15, 0.2) is 0 Å². The molecule has 0 aliphatic carbocycles. The number of rotatable bonds is 6. The van der Waals surface area contributed by atoms with Crippen LogP contribution in [-0.4, -0.2) is 33.1 Å².